The van der Waals surface area contributed by atoms with Crippen LogP contribution in [-0.4, -0.2) is 36.5 Å². The van der Waals surface area contributed by atoms with Gasteiger partial charge in [-0.25, -0.2) is 0 Å². The van der Waals surface area contributed by atoms with Crippen molar-refractivity contribution < 1.29 is 22.7 Å². The molecule has 0 radical (unpaired) electrons. The van der Waals surface area contributed by atoms with Crippen LogP contribution in [0.2, 0.25) is 0 Å². The summed E-state index contributed by atoms with van der Waals surface area (Å²) >= 11 is 0. The monoisotopic (exact) mass is 434 g/mol. The number of carbonyl (C=O) groups excluding carboxylic acids is 1. The van der Waals surface area contributed by atoms with E-state index in [1.54, 1.807) is 6.07 Å². The average Bonchev–Trinajstić information content (AvgIpc) is 2.73. The van der Waals surface area contributed by atoms with Crippen LogP contribution in [0.4, 0.5) is 13.2 Å². The van der Waals surface area contributed by atoms with Gasteiger partial charge in [-0.2, -0.15) is 13.2 Å². The van der Waals surface area contributed by atoms with Gasteiger partial charge in [0.25, 0.3) is 5.91 Å². The molecule has 0 aliphatic carbocycles. The highest BCUT2D eigenvalue weighted by atomic mass is 19.4. The number of rotatable bonds is 7. The minimum Gasteiger partial charge on any atom is -0.484 e. The second kappa shape index (κ2) is 10.2. The van der Waals surface area contributed by atoms with Crippen molar-refractivity contribution in [1.82, 2.24) is 10.2 Å². The first-order valence-corrected chi connectivity index (χ1v) is 10.6. The fourth-order valence-electron chi connectivity index (χ4n) is 3.71. The molecule has 1 amide bonds. The molecule has 3 rings (SSSR count). The number of carbonyl (C=O) groups is 1. The Balaban J connectivity index is 1.40. The van der Waals surface area contributed by atoms with Gasteiger partial charge >= 0.3 is 6.18 Å². The number of hydrogen-bond acceptors (Lipinski definition) is 3. The Morgan fingerprint density at radius 1 is 1.13 bits per heavy atom. The van der Waals surface area contributed by atoms with Crippen LogP contribution in [0.3, 0.4) is 0 Å². The Morgan fingerprint density at radius 2 is 1.81 bits per heavy atom. The van der Waals surface area contributed by atoms with Crippen LogP contribution >= 0.6 is 0 Å². The third kappa shape index (κ3) is 6.99. The van der Waals surface area contributed by atoms with Gasteiger partial charge in [-0.1, -0.05) is 44.2 Å². The van der Waals surface area contributed by atoms with Crippen LogP contribution in [0.25, 0.3) is 0 Å². The molecule has 0 unspecified atom stereocenters. The first-order valence-electron chi connectivity index (χ1n) is 10.6. The largest absolute Gasteiger partial charge is 0.484 e. The topological polar surface area (TPSA) is 41.6 Å². The van der Waals surface area contributed by atoms with Gasteiger partial charge in [0.15, 0.2) is 6.61 Å². The summed E-state index contributed by atoms with van der Waals surface area (Å²) in [6, 6.07) is 13.2. The maximum Gasteiger partial charge on any atom is 0.416 e. The van der Waals surface area contributed by atoms with Gasteiger partial charge in [0.05, 0.1) is 5.56 Å². The molecular weight excluding hydrogens is 405 g/mol. The fraction of sp³-hybridized carbons (Fsp3) is 0.458. The summed E-state index contributed by atoms with van der Waals surface area (Å²) < 4.78 is 44.2. The van der Waals surface area contributed by atoms with Crippen molar-refractivity contribution in [3.63, 3.8) is 0 Å². The second-order valence-electron chi connectivity index (χ2n) is 8.33. The van der Waals surface area contributed by atoms with Crippen molar-refractivity contribution in [2.24, 2.45) is 0 Å². The van der Waals surface area contributed by atoms with Crippen molar-refractivity contribution in [2.45, 2.75) is 51.4 Å². The van der Waals surface area contributed by atoms with Gasteiger partial charge in [0.2, 0.25) is 0 Å². The molecule has 1 heterocycles. The molecule has 2 aromatic rings. The molecule has 0 atom stereocenters. The molecule has 0 spiro atoms. The van der Waals surface area contributed by atoms with Crippen molar-refractivity contribution >= 4 is 5.91 Å². The smallest absolute Gasteiger partial charge is 0.416 e. The standard InChI is InChI=1S/C24H29F3N2O2/c1-17(2)19-6-8-22(9-7-19)31-16-23(30)28-21-10-12-29(13-11-21)15-18-4-3-5-20(14-18)24(25,26)27/h3-9,14,17,21H,10-13,15-16H2,1-2H3,(H,28,30). The predicted octanol–water partition coefficient (Wildman–Crippen LogP) is 4.99. The van der Waals surface area contributed by atoms with Crippen molar-refractivity contribution in [1.29, 1.82) is 0 Å². The summed E-state index contributed by atoms with van der Waals surface area (Å²) in [6.45, 7) is 6.12. The van der Waals surface area contributed by atoms with E-state index in [0.29, 0.717) is 23.8 Å². The van der Waals surface area contributed by atoms with Crippen molar-refractivity contribution in [3.8, 4) is 5.75 Å². The minimum absolute atomic E-state index is 0.0362. The average molecular weight is 435 g/mol. The lowest BCUT2D eigenvalue weighted by atomic mass is 10.0. The number of piperidine rings is 1. The number of halogens is 3. The number of ether oxygens (including phenoxy) is 1. The highest BCUT2D eigenvalue weighted by Gasteiger charge is 2.30. The molecule has 0 saturated carbocycles. The lowest BCUT2D eigenvalue weighted by Crippen LogP contribution is -2.45. The van der Waals surface area contributed by atoms with Crippen LogP contribution in [-0.2, 0) is 17.5 Å². The molecule has 1 aliphatic rings. The summed E-state index contributed by atoms with van der Waals surface area (Å²) in [5.74, 6) is 0.941. The third-order valence-electron chi connectivity index (χ3n) is 5.53. The summed E-state index contributed by atoms with van der Waals surface area (Å²) in [5.41, 5.74) is 1.24. The number of benzene rings is 2. The number of alkyl halides is 3. The molecule has 168 valence electrons. The van der Waals surface area contributed by atoms with Gasteiger partial charge in [-0.3, -0.25) is 9.69 Å². The Hall–Kier alpha value is -2.54. The number of nitrogens with one attached hydrogen (secondary N) is 1. The van der Waals surface area contributed by atoms with E-state index < -0.39 is 11.7 Å². The number of nitrogens with zero attached hydrogens (tertiary/aromatic N) is 1. The zero-order valence-electron chi connectivity index (χ0n) is 17.9. The van der Waals surface area contributed by atoms with E-state index in [9.17, 15) is 18.0 Å². The zero-order chi connectivity index (χ0) is 22.4. The van der Waals surface area contributed by atoms with E-state index in [0.717, 1.165) is 32.0 Å². The molecule has 1 N–H and O–H groups in total. The molecule has 1 aliphatic heterocycles. The summed E-state index contributed by atoms with van der Waals surface area (Å²) in [5, 5.41) is 2.99. The van der Waals surface area contributed by atoms with Crippen LogP contribution in [0, 0.1) is 0 Å². The fourth-order valence-corrected chi connectivity index (χ4v) is 3.71. The minimum atomic E-state index is -4.33. The maximum atomic E-state index is 12.9. The Morgan fingerprint density at radius 3 is 2.42 bits per heavy atom. The molecule has 7 heteroatoms. The lowest BCUT2D eigenvalue weighted by Gasteiger charge is -2.32. The summed E-state index contributed by atoms with van der Waals surface area (Å²) in [7, 11) is 0. The van der Waals surface area contributed by atoms with E-state index in [2.05, 4.69) is 24.1 Å². The van der Waals surface area contributed by atoms with Gasteiger partial charge < -0.3 is 10.1 Å². The van der Waals surface area contributed by atoms with Crippen LogP contribution < -0.4 is 10.1 Å². The van der Waals surface area contributed by atoms with Crippen molar-refractivity contribution in [3.05, 3.63) is 65.2 Å². The number of amides is 1. The molecule has 1 saturated heterocycles. The summed E-state index contributed by atoms with van der Waals surface area (Å²) in [4.78, 5) is 14.3. The number of likely N-dealkylation sites (tertiary alicyclic amines) is 1. The highest BCUT2D eigenvalue weighted by molar-refractivity contribution is 5.77. The molecule has 31 heavy (non-hydrogen) atoms. The lowest BCUT2D eigenvalue weighted by molar-refractivity contribution is -0.137. The van der Waals surface area contributed by atoms with Gasteiger partial charge in [0.1, 0.15) is 5.75 Å². The first kappa shape index (κ1) is 23.1. The van der Waals surface area contributed by atoms with E-state index >= 15 is 0 Å². The molecule has 1 fully saturated rings. The van der Waals surface area contributed by atoms with Crippen molar-refractivity contribution in [2.75, 3.05) is 19.7 Å². The SMILES string of the molecule is CC(C)c1ccc(OCC(=O)NC2CCN(Cc3cccc(C(F)(F)F)c3)CC2)cc1. The van der Waals surface area contributed by atoms with Crippen LogP contribution in [0.5, 0.6) is 5.75 Å². The molecule has 0 bridgehead atoms. The van der Waals surface area contributed by atoms with Gasteiger partial charge in [0, 0.05) is 25.7 Å². The predicted molar refractivity (Wildman–Crippen MR) is 114 cm³/mol. The van der Waals surface area contributed by atoms with E-state index in [-0.39, 0.29) is 18.6 Å². The Kier molecular flexibility index (Phi) is 7.59. The summed E-state index contributed by atoms with van der Waals surface area (Å²) in [6.07, 6.45) is -2.81. The zero-order valence-corrected chi connectivity index (χ0v) is 17.9. The maximum absolute atomic E-state index is 12.9. The normalized spacial score (nSPS) is 15.8. The van der Waals surface area contributed by atoms with E-state index in [1.165, 1.54) is 17.7 Å². The molecule has 0 aromatic heterocycles. The Labute approximate surface area is 181 Å². The van der Waals surface area contributed by atoms with Crippen LogP contribution in [0.1, 0.15) is 49.3 Å². The molecular formula is C24H29F3N2O2. The van der Waals surface area contributed by atoms with Gasteiger partial charge in [-0.05, 0) is 48.1 Å². The van der Waals surface area contributed by atoms with E-state index in [1.807, 2.05) is 24.3 Å². The van der Waals surface area contributed by atoms with Gasteiger partial charge in [-0.15, -0.1) is 0 Å². The highest BCUT2D eigenvalue weighted by Crippen LogP contribution is 2.30. The quantitative estimate of drug-likeness (QED) is 0.668. The number of hydrogen-bond donors (Lipinski definition) is 1. The Bertz CT molecular complexity index is 858. The second-order valence-corrected chi connectivity index (χ2v) is 8.33. The first-order chi connectivity index (χ1) is 14.7. The van der Waals surface area contributed by atoms with Crippen LogP contribution in [0.15, 0.2) is 48.5 Å². The third-order valence-corrected chi connectivity index (χ3v) is 5.53. The van der Waals surface area contributed by atoms with E-state index in [4.69, 9.17) is 4.74 Å². The molecule has 4 nitrogen and oxygen atoms in total. The molecule has 2 aromatic carbocycles.